The summed E-state index contributed by atoms with van der Waals surface area (Å²) in [5.74, 6) is 1.55. The van der Waals surface area contributed by atoms with Crippen LogP contribution in [0, 0.1) is 0 Å². The number of halogens is 1. The van der Waals surface area contributed by atoms with Crippen LogP contribution in [0.25, 0.3) is 0 Å². The van der Waals surface area contributed by atoms with Crippen LogP contribution in [0.15, 0.2) is 47.2 Å². The minimum Gasteiger partial charge on any atom is -0.455 e. The van der Waals surface area contributed by atoms with E-state index in [0.717, 1.165) is 34.4 Å². The minimum atomic E-state index is 0.150. The van der Waals surface area contributed by atoms with Crippen molar-refractivity contribution in [3.05, 3.63) is 52.8 Å². The lowest BCUT2D eigenvalue weighted by Gasteiger charge is -2.14. The average molecular weight is 321 g/mol. The van der Waals surface area contributed by atoms with E-state index < -0.39 is 0 Å². The van der Waals surface area contributed by atoms with E-state index in [4.69, 9.17) is 10.5 Å². The Labute approximate surface area is 121 Å². The van der Waals surface area contributed by atoms with Crippen molar-refractivity contribution in [2.75, 3.05) is 0 Å². The predicted molar refractivity (Wildman–Crippen MR) is 80.4 cm³/mol. The quantitative estimate of drug-likeness (QED) is 0.908. The maximum atomic E-state index is 6.03. The highest BCUT2D eigenvalue weighted by Crippen LogP contribution is 2.29. The molecule has 0 aliphatic rings. The second-order valence-corrected chi connectivity index (χ2v) is 5.33. The van der Waals surface area contributed by atoms with Crippen LogP contribution in [0.3, 0.4) is 0 Å². The number of rotatable bonds is 5. The van der Waals surface area contributed by atoms with Gasteiger partial charge in [0.05, 0.1) is 6.20 Å². The Morgan fingerprint density at radius 1 is 1.37 bits per heavy atom. The molecule has 0 bridgehead atoms. The summed E-state index contributed by atoms with van der Waals surface area (Å²) in [6, 6.07) is 9.91. The van der Waals surface area contributed by atoms with Gasteiger partial charge in [-0.2, -0.15) is 0 Å². The summed E-state index contributed by atoms with van der Waals surface area (Å²) < 4.78 is 6.87. The highest BCUT2D eigenvalue weighted by molar-refractivity contribution is 9.10. The first-order chi connectivity index (χ1) is 9.19. The van der Waals surface area contributed by atoms with Crippen LogP contribution in [-0.4, -0.2) is 11.0 Å². The first-order valence-corrected chi connectivity index (χ1v) is 7.10. The van der Waals surface area contributed by atoms with Crippen LogP contribution in [0.4, 0.5) is 0 Å². The van der Waals surface area contributed by atoms with Crippen molar-refractivity contribution in [2.24, 2.45) is 5.73 Å². The van der Waals surface area contributed by atoms with Crippen LogP contribution >= 0.6 is 15.9 Å². The Bertz CT molecular complexity index is 531. The fourth-order valence-electron chi connectivity index (χ4n) is 1.75. The lowest BCUT2D eigenvalue weighted by Crippen LogP contribution is -2.21. The molecule has 0 amide bonds. The summed E-state index contributed by atoms with van der Waals surface area (Å²) in [6.45, 7) is 2.09. The van der Waals surface area contributed by atoms with Gasteiger partial charge in [-0.3, -0.25) is 4.98 Å². The van der Waals surface area contributed by atoms with Crippen molar-refractivity contribution < 1.29 is 4.74 Å². The molecule has 2 aromatic rings. The topological polar surface area (TPSA) is 48.1 Å². The van der Waals surface area contributed by atoms with Gasteiger partial charge >= 0.3 is 0 Å². The first-order valence-electron chi connectivity index (χ1n) is 6.31. The zero-order chi connectivity index (χ0) is 13.7. The average Bonchev–Trinajstić information content (AvgIpc) is 2.43. The standard InChI is InChI=1S/C15H17BrN2O/c1-2-13(17)8-11-5-6-12(16)9-15(11)19-14-4-3-7-18-10-14/h3-7,9-10,13H,2,8,17H2,1H3. The van der Waals surface area contributed by atoms with Gasteiger partial charge in [0.25, 0.3) is 0 Å². The number of aromatic nitrogens is 1. The Morgan fingerprint density at radius 3 is 2.89 bits per heavy atom. The van der Waals surface area contributed by atoms with Gasteiger partial charge in [0, 0.05) is 16.7 Å². The van der Waals surface area contributed by atoms with Crippen molar-refractivity contribution in [1.82, 2.24) is 4.98 Å². The van der Waals surface area contributed by atoms with E-state index >= 15 is 0 Å². The summed E-state index contributed by atoms with van der Waals surface area (Å²) in [7, 11) is 0. The third-order valence-corrected chi connectivity index (χ3v) is 3.39. The highest BCUT2D eigenvalue weighted by Gasteiger charge is 2.09. The van der Waals surface area contributed by atoms with Gasteiger partial charge in [-0.25, -0.2) is 0 Å². The van der Waals surface area contributed by atoms with Crippen molar-refractivity contribution in [3.8, 4) is 11.5 Å². The van der Waals surface area contributed by atoms with E-state index in [9.17, 15) is 0 Å². The molecule has 3 nitrogen and oxygen atoms in total. The smallest absolute Gasteiger partial charge is 0.145 e. The van der Waals surface area contributed by atoms with Gasteiger partial charge in [0.1, 0.15) is 11.5 Å². The molecular formula is C15H17BrN2O. The van der Waals surface area contributed by atoms with Gasteiger partial charge in [-0.15, -0.1) is 0 Å². The molecule has 2 rings (SSSR count). The molecule has 100 valence electrons. The molecule has 0 radical (unpaired) electrons. The van der Waals surface area contributed by atoms with Gasteiger partial charge in [0.2, 0.25) is 0 Å². The molecule has 0 saturated heterocycles. The molecule has 1 unspecified atom stereocenters. The third-order valence-electron chi connectivity index (χ3n) is 2.90. The molecule has 2 N–H and O–H groups in total. The number of hydrogen-bond acceptors (Lipinski definition) is 3. The van der Waals surface area contributed by atoms with E-state index in [2.05, 4.69) is 27.8 Å². The largest absolute Gasteiger partial charge is 0.455 e. The molecule has 0 spiro atoms. The second-order valence-electron chi connectivity index (χ2n) is 4.42. The van der Waals surface area contributed by atoms with E-state index in [1.54, 1.807) is 12.4 Å². The second kappa shape index (κ2) is 6.68. The summed E-state index contributed by atoms with van der Waals surface area (Å²) in [6.07, 6.45) is 5.17. The van der Waals surface area contributed by atoms with Crippen molar-refractivity contribution >= 4 is 15.9 Å². The molecule has 1 aromatic heterocycles. The van der Waals surface area contributed by atoms with Crippen LogP contribution in [0.5, 0.6) is 11.5 Å². The summed E-state index contributed by atoms with van der Waals surface area (Å²) in [5.41, 5.74) is 7.14. The van der Waals surface area contributed by atoms with Crippen LogP contribution in [-0.2, 0) is 6.42 Å². The molecule has 1 heterocycles. The molecule has 0 aliphatic carbocycles. The molecule has 0 fully saturated rings. The molecule has 4 heteroatoms. The summed E-state index contributed by atoms with van der Waals surface area (Å²) in [4.78, 5) is 4.05. The van der Waals surface area contributed by atoms with E-state index in [1.165, 1.54) is 0 Å². The van der Waals surface area contributed by atoms with Gasteiger partial charge in [-0.05, 0) is 42.7 Å². The van der Waals surface area contributed by atoms with E-state index in [0.29, 0.717) is 0 Å². The van der Waals surface area contributed by atoms with Gasteiger partial charge in [-0.1, -0.05) is 28.9 Å². The highest BCUT2D eigenvalue weighted by atomic mass is 79.9. The maximum Gasteiger partial charge on any atom is 0.145 e. The SMILES string of the molecule is CCC(N)Cc1ccc(Br)cc1Oc1cccnc1. The van der Waals surface area contributed by atoms with E-state index in [-0.39, 0.29) is 6.04 Å². The van der Waals surface area contributed by atoms with Crippen LogP contribution in [0.1, 0.15) is 18.9 Å². The number of hydrogen-bond donors (Lipinski definition) is 1. The predicted octanol–water partition coefficient (Wildman–Crippen LogP) is 3.92. The molecule has 0 aliphatic heterocycles. The first kappa shape index (κ1) is 14.0. The summed E-state index contributed by atoms with van der Waals surface area (Å²) in [5, 5.41) is 0. The monoisotopic (exact) mass is 320 g/mol. The lowest BCUT2D eigenvalue weighted by atomic mass is 10.0. The zero-order valence-electron chi connectivity index (χ0n) is 10.8. The number of nitrogens with two attached hydrogens (primary N) is 1. The molecular weight excluding hydrogens is 304 g/mol. The van der Waals surface area contributed by atoms with Crippen molar-refractivity contribution in [1.29, 1.82) is 0 Å². The van der Waals surface area contributed by atoms with Gasteiger partial charge in [0.15, 0.2) is 0 Å². The lowest BCUT2D eigenvalue weighted by molar-refractivity contribution is 0.469. The number of ether oxygens (including phenoxy) is 1. The Balaban J connectivity index is 2.24. The fraction of sp³-hybridized carbons (Fsp3) is 0.267. The maximum absolute atomic E-state index is 6.03. The van der Waals surface area contributed by atoms with Crippen LogP contribution in [0.2, 0.25) is 0 Å². The van der Waals surface area contributed by atoms with Gasteiger partial charge < -0.3 is 10.5 Å². The fourth-order valence-corrected chi connectivity index (χ4v) is 2.09. The Kier molecular flexibility index (Phi) is 4.93. The summed E-state index contributed by atoms with van der Waals surface area (Å²) >= 11 is 3.47. The van der Waals surface area contributed by atoms with E-state index in [1.807, 2.05) is 30.3 Å². The van der Waals surface area contributed by atoms with Crippen molar-refractivity contribution in [3.63, 3.8) is 0 Å². The number of pyridine rings is 1. The molecule has 19 heavy (non-hydrogen) atoms. The normalized spacial score (nSPS) is 12.2. The molecule has 0 saturated carbocycles. The zero-order valence-corrected chi connectivity index (χ0v) is 12.4. The minimum absolute atomic E-state index is 0.150. The Morgan fingerprint density at radius 2 is 2.21 bits per heavy atom. The molecule has 1 atom stereocenters. The van der Waals surface area contributed by atoms with Crippen LogP contribution < -0.4 is 10.5 Å². The Hall–Kier alpha value is -1.39. The number of benzene rings is 1. The van der Waals surface area contributed by atoms with Crippen molar-refractivity contribution in [2.45, 2.75) is 25.8 Å². The number of nitrogens with zero attached hydrogens (tertiary/aromatic N) is 1. The third kappa shape index (κ3) is 4.04. The molecule has 1 aromatic carbocycles.